The molecule has 0 spiro atoms. The van der Waals surface area contributed by atoms with Crippen LogP contribution in [0.2, 0.25) is 0 Å². The molecule has 6 nitrogen and oxygen atoms in total. The molecule has 1 aliphatic carbocycles. The number of amides is 3. The molecule has 0 aromatic heterocycles. The van der Waals surface area contributed by atoms with E-state index in [1.54, 1.807) is 4.90 Å². The molecule has 1 saturated carbocycles. The highest BCUT2D eigenvalue weighted by Gasteiger charge is 2.33. The van der Waals surface area contributed by atoms with Crippen LogP contribution in [-0.4, -0.2) is 47.8 Å². The SMILES string of the molecule is O=C(N[C@@H]1CCCCC1NC(=O)C1CCCN(C(=O)Cc2ccccc2)C1)c1ccc(F)cc1. The molecule has 1 aliphatic heterocycles. The summed E-state index contributed by atoms with van der Waals surface area (Å²) in [4.78, 5) is 40.3. The van der Waals surface area contributed by atoms with E-state index in [9.17, 15) is 18.8 Å². The maximum absolute atomic E-state index is 13.2. The second kappa shape index (κ2) is 11.3. The summed E-state index contributed by atoms with van der Waals surface area (Å²) in [5, 5.41) is 6.19. The molecule has 2 N–H and O–H groups in total. The number of likely N-dealkylation sites (tertiary alicyclic amines) is 1. The topological polar surface area (TPSA) is 78.5 Å². The first-order valence-electron chi connectivity index (χ1n) is 12.2. The molecule has 2 aromatic rings. The Kier molecular flexibility index (Phi) is 7.93. The summed E-state index contributed by atoms with van der Waals surface area (Å²) in [5.41, 5.74) is 1.37. The molecule has 2 aromatic carbocycles. The summed E-state index contributed by atoms with van der Waals surface area (Å²) in [7, 11) is 0. The van der Waals surface area contributed by atoms with Crippen molar-refractivity contribution >= 4 is 17.7 Å². The molecule has 7 heteroatoms. The Balaban J connectivity index is 1.33. The number of piperidine rings is 1. The monoisotopic (exact) mass is 465 g/mol. The van der Waals surface area contributed by atoms with Crippen LogP contribution in [0.15, 0.2) is 54.6 Å². The van der Waals surface area contributed by atoms with Gasteiger partial charge in [0.1, 0.15) is 5.82 Å². The summed E-state index contributed by atoms with van der Waals surface area (Å²) in [6.45, 7) is 1.10. The van der Waals surface area contributed by atoms with Crippen molar-refractivity contribution in [2.45, 2.75) is 57.0 Å². The maximum Gasteiger partial charge on any atom is 0.251 e. The van der Waals surface area contributed by atoms with E-state index in [1.807, 2.05) is 30.3 Å². The molecule has 2 fully saturated rings. The first-order chi connectivity index (χ1) is 16.5. The van der Waals surface area contributed by atoms with Crippen LogP contribution in [0, 0.1) is 11.7 Å². The summed E-state index contributed by atoms with van der Waals surface area (Å²) in [6.07, 6.45) is 5.43. The zero-order valence-electron chi connectivity index (χ0n) is 19.3. The third-order valence-corrected chi connectivity index (χ3v) is 6.86. The Bertz CT molecular complexity index is 996. The van der Waals surface area contributed by atoms with Gasteiger partial charge < -0.3 is 15.5 Å². The van der Waals surface area contributed by atoms with E-state index >= 15 is 0 Å². The van der Waals surface area contributed by atoms with Gasteiger partial charge in [-0.1, -0.05) is 43.2 Å². The molecule has 0 bridgehead atoms. The molecule has 34 heavy (non-hydrogen) atoms. The zero-order valence-corrected chi connectivity index (χ0v) is 19.3. The molecule has 180 valence electrons. The van der Waals surface area contributed by atoms with Crippen molar-refractivity contribution in [1.82, 2.24) is 15.5 Å². The Labute approximate surface area is 199 Å². The predicted molar refractivity (Wildman–Crippen MR) is 128 cm³/mol. The standard InChI is InChI=1S/C27H32FN3O3/c28-22-14-12-20(13-15-22)26(33)29-23-10-4-5-11-24(23)30-27(34)21-9-6-16-31(18-21)25(32)17-19-7-2-1-3-8-19/h1-3,7-8,12-15,21,23-24H,4-6,9-11,16-18H2,(H,29,33)(H,30,34)/t21?,23-,24?/m1/s1. The molecule has 0 radical (unpaired) electrons. The van der Waals surface area contributed by atoms with Gasteiger partial charge >= 0.3 is 0 Å². The van der Waals surface area contributed by atoms with Crippen LogP contribution in [0.4, 0.5) is 4.39 Å². The highest BCUT2D eigenvalue weighted by atomic mass is 19.1. The van der Waals surface area contributed by atoms with Crippen molar-refractivity contribution in [2.75, 3.05) is 13.1 Å². The molecule has 3 atom stereocenters. The van der Waals surface area contributed by atoms with Crippen LogP contribution < -0.4 is 10.6 Å². The van der Waals surface area contributed by atoms with E-state index in [0.717, 1.165) is 44.1 Å². The normalized spacial score (nSPS) is 22.6. The van der Waals surface area contributed by atoms with Crippen LogP contribution >= 0.6 is 0 Å². The average molecular weight is 466 g/mol. The lowest BCUT2D eigenvalue weighted by atomic mass is 9.88. The number of carbonyl (C=O) groups excluding carboxylic acids is 3. The lowest BCUT2D eigenvalue weighted by Crippen LogP contribution is -2.55. The van der Waals surface area contributed by atoms with Crippen LogP contribution in [-0.2, 0) is 16.0 Å². The summed E-state index contributed by atoms with van der Waals surface area (Å²) in [5.74, 6) is -0.899. The molecule has 2 unspecified atom stereocenters. The van der Waals surface area contributed by atoms with Gasteiger partial charge in [-0.3, -0.25) is 14.4 Å². The zero-order chi connectivity index (χ0) is 23.9. The molecule has 1 saturated heterocycles. The van der Waals surface area contributed by atoms with E-state index in [2.05, 4.69) is 10.6 Å². The van der Waals surface area contributed by atoms with E-state index in [1.165, 1.54) is 24.3 Å². The van der Waals surface area contributed by atoms with Crippen LogP contribution in [0.1, 0.15) is 54.4 Å². The van der Waals surface area contributed by atoms with E-state index < -0.39 is 0 Å². The number of benzene rings is 2. The smallest absolute Gasteiger partial charge is 0.251 e. The van der Waals surface area contributed by atoms with Crippen molar-refractivity contribution in [3.8, 4) is 0 Å². The predicted octanol–water partition coefficient (Wildman–Crippen LogP) is 3.46. The van der Waals surface area contributed by atoms with Gasteiger partial charge in [-0.15, -0.1) is 0 Å². The fourth-order valence-corrected chi connectivity index (χ4v) is 4.93. The van der Waals surface area contributed by atoms with E-state index in [-0.39, 0.29) is 41.5 Å². The van der Waals surface area contributed by atoms with Gasteiger partial charge in [0.25, 0.3) is 5.91 Å². The lowest BCUT2D eigenvalue weighted by Gasteiger charge is -2.36. The molecular formula is C27H32FN3O3. The summed E-state index contributed by atoms with van der Waals surface area (Å²) >= 11 is 0. The Hall–Kier alpha value is -3.22. The second-order valence-electron chi connectivity index (χ2n) is 9.33. The van der Waals surface area contributed by atoms with Gasteiger partial charge in [-0.25, -0.2) is 4.39 Å². The molecular weight excluding hydrogens is 433 g/mol. The Morgan fingerprint density at radius 1 is 0.853 bits per heavy atom. The Morgan fingerprint density at radius 3 is 2.24 bits per heavy atom. The van der Waals surface area contributed by atoms with Gasteiger partial charge in [0.15, 0.2) is 0 Å². The summed E-state index contributed by atoms with van der Waals surface area (Å²) < 4.78 is 13.2. The number of carbonyl (C=O) groups is 3. The number of hydrogen-bond acceptors (Lipinski definition) is 3. The maximum atomic E-state index is 13.2. The van der Waals surface area contributed by atoms with E-state index in [4.69, 9.17) is 0 Å². The van der Waals surface area contributed by atoms with E-state index in [0.29, 0.717) is 25.1 Å². The summed E-state index contributed by atoms with van der Waals surface area (Å²) in [6, 6.07) is 14.8. The van der Waals surface area contributed by atoms with Crippen molar-refractivity contribution in [1.29, 1.82) is 0 Å². The molecule has 3 amide bonds. The number of halogens is 1. The van der Waals surface area contributed by atoms with Gasteiger partial charge in [-0.05, 0) is 55.5 Å². The largest absolute Gasteiger partial charge is 0.351 e. The van der Waals surface area contributed by atoms with Crippen molar-refractivity contribution in [2.24, 2.45) is 5.92 Å². The number of rotatable bonds is 6. The minimum Gasteiger partial charge on any atom is -0.351 e. The third-order valence-electron chi connectivity index (χ3n) is 6.86. The lowest BCUT2D eigenvalue weighted by molar-refractivity contribution is -0.135. The minimum atomic E-state index is -0.386. The fourth-order valence-electron chi connectivity index (χ4n) is 4.93. The first kappa shape index (κ1) is 23.9. The van der Waals surface area contributed by atoms with Crippen LogP contribution in [0.25, 0.3) is 0 Å². The Morgan fingerprint density at radius 2 is 1.53 bits per heavy atom. The van der Waals surface area contributed by atoms with Gasteiger partial charge in [0, 0.05) is 30.7 Å². The highest BCUT2D eigenvalue weighted by Crippen LogP contribution is 2.22. The average Bonchev–Trinajstić information content (AvgIpc) is 2.86. The minimum absolute atomic E-state index is 0.0470. The second-order valence-corrected chi connectivity index (χ2v) is 9.33. The fraction of sp³-hybridized carbons (Fsp3) is 0.444. The third kappa shape index (κ3) is 6.22. The van der Waals surface area contributed by atoms with Crippen molar-refractivity contribution in [3.05, 3.63) is 71.5 Å². The van der Waals surface area contributed by atoms with Crippen molar-refractivity contribution < 1.29 is 18.8 Å². The van der Waals surface area contributed by atoms with Gasteiger partial charge in [0.2, 0.25) is 11.8 Å². The molecule has 4 rings (SSSR count). The highest BCUT2D eigenvalue weighted by molar-refractivity contribution is 5.94. The number of nitrogens with zero attached hydrogens (tertiary/aromatic N) is 1. The number of nitrogens with one attached hydrogen (secondary N) is 2. The molecule has 1 heterocycles. The van der Waals surface area contributed by atoms with Gasteiger partial charge in [0.05, 0.1) is 12.3 Å². The van der Waals surface area contributed by atoms with Crippen LogP contribution in [0.5, 0.6) is 0 Å². The van der Waals surface area contributed by atoms with Crippen molar-refractivity contribution in [3.63, 3.8) is 0 Å². The first-order valence-corrected chi connectivity index (χ1v) is 12.2. The quantitative estimate of drug-likeness (QED) is 0.686. The molecule has 2 aliphatic rings. The number of hydrogen-bond donors (Lipinski definition) is 2. The van der Waals surface area contributed by atoms with Gasteiger partial charge in [-0.2, -0.15) is 0 Å². The van der Waals surface area contributed by atoms with Crippen LogP contribution in [0.3, 0.4) is 0 Å².